The zero-order valence-corrected chi connectivity index (χ0v) is 33.3. The molecule has 1 unspecified atom stereocenters. The minimum atomic E-state index is -4.07. The van der Waals surface area contributed by atoms with Crippen LogP contribution in [0, 0.1) is 11.8 Å². The average Bonchev–Trinajstić information content (AvgIpc) is 3.76. The number of sulfonamides is 1. The molecule has 2 aromatic rings. The fourth-order valence-electron chi connectivity index (χ4n) is 6.03. The van der Waals surface area contributed by atoms with Gasteiger partial charge in [0.25, 0.3) is 0 Å². The quantitative estimate of drug-likeness (QED) is 0.134. The largest absolute Gasteiger partial charge is 0.497 e. The molecule has 0 saturated carbocycles. The number of benzene rings is 2. The van der Waals surface area contributed by atoms with E-state index in [2.05, 4.69) is 5.32 Å². The number of hydrogen-bond acceptors (Lipinski definition) is 14. The number of amides is 1. The SMILES string of the molecule is CCOC(=O)[C@H](C)OP(=O)(COc1ccc(C[C@H](NC(=O)O[C@H]2CO[C@H]3OCC[C@H]32)[C@H](O)CN(CC(C)C)S(=O)(=O)c2ccc(OC)cc2)cc1)OCC. The zero-order chi connectivity index (χ0) is 39.5. The van der Waals surface area contributed by atoms with Crippen molar-refractivity contribution in [1.82, 2.24) is 9.62 Å². The van der Waals surface area contributed by atoms with Gasteiger partial charge in [-0.2, -0.15) is 4.31 Å². The Morgan fingerprint density at radius 2 is 1.69 bits per heavy atom. The summed E-state index contributed by atoms with van der Waals surface area (Å²) in [4.78, 5) is 25.4. The van der Waals surface area contributed by atoms with Crippen LogP contribution in [0.5, 0.6) is 11.5 Å². The minimum Gasteiger partial charge on any atom is -0.497 e. The predicted octanol–water partition coefficient (Wildman–Crippen LogP) is 4.34. The van der Waals surface area contributed by atoms with Gasteiger partial charge < -0.3 is 43.4 Å². The molecule has 0 spiro atoms. The van der Waals surface area contributed by atoms with Crippen molar-refractivity contribution in [2.24, 2.45) is 11.8 Å². The molecule has 2 aliphatic heterocycles. The first-order valence-corrected chi connectivity index (χ1v) is 21.2. The van der Waals surface area contributed by atoms with E-state index in [4.69, 9.17) is 37.5 Å². The molecule has 0 aromatic heterocycles. The molecule has 2 heterocycles. The maximum atomic E-state index is 13.8. The van der Waals surface area contributed by atoms with E-state index in [1.165, 1.54) is 30.5 Å². The summed E-state index contributed by atoms with van der Waals surface area (Å²) in [7, 11) is -6.44. The number of nitrogens with zero attached hydrogens (tertiary/aromatic N) is 1. The highest BCUT2D eigenvalue weighted by Crippen LogP contribution is 2.49. The topological polar surface area (TPSA) is 195 Å². The molecule has 18 heteroatoms. The van der Waals surface area contributed by atoms with Crippen molar-refractivity contribution in [3.8, 4) is 11.5 Å². The van der Waals surface area contributed by atoms with E-state index in [-0.39, 0.29) is 56.1 Å². The molecule has 0 radical (unpaired) electrons. The summed E-state index contributed by atoms with van der Waals surface area (Å²) in [5, 5.41) is 14.4. The summed E-state index contributed by atoms with van der Waals surface area (Å²) in [6.07, 6.45) is -4.03. The smallest absolute Gasteiger partial charge is 0.407 e. The number of carbonyl (C=O) groups is 2. The Morgan fingerprint density at radius 1 is 1.00 bits per heavy atom. The van der Waals surface area contributed by atoms with Crippen molar-refractivity contribution in [2.75, 3.05) is 53.0 Å². The Hall–Kier alpha value is -3.28. The van der Waals surface area contributed by atoms with E-state index >= 15 is 0 Å². The van der Waals surface area contributed by atoms with Crippen LogP contribution in [-0.2, 0) is 53.8 Å². The van der Waals surface area contributed by atoms with Crippen LogP contribution in [0.1, 0.15) is 46.6 Å². The second-order valence-electron chi connectivity index (χ2n) is 13.3. The van der Waals surface area contributed by atoms with Gasteiger partial charge in [0.2, 0.25) is 10.0 Å². The monoisotopic (exact) mass is 800 g/mol. The first kappa shape index (κ1) is 43.4. The highest BCUT2D eigenvalue weighted by atomic mass is 32.2. The summed E-state index contributed by atoms with van der Waals surface area (Å²) in [6.45, 7) is 9.03. The number of aliphatic hydroxyl groups is 1. The van der Waals surface area contributed by atoms with Crippen LogP contribution in [-0.4, -0.2) is 114 Å². The second kappa shape index (κ2) is 20.1. The summed E-state index contributed by atoms with van der Waals surface area (Å²) in [5.41, 5.74) is 0.647. The minimum absolute atomic E-state index is 0.0276. The molecule has 2 aromatic carbocycles. The van der Waals surface area contributed by atoms with Gasteiger partial charge in [-0.25, -0.2) is 18.0 Å². The average molecular weight is 801 g/mol. The van der Waals surface area contributed by atoms with Gasteiger partial charge in [-0.05, 0) is 81.5 Å². The van der Waals surface area contributed by atoms with Crippen molar-refractivity contribution < 1.29 is 65.1 Å². The normalized spacial score (nSPS) is 21.2. The second-order valence-corrected chi connectivity index (χ2v) is 17.2. The molecule has 2 aliphatic rings. The van der Waals surface area contributed by atoms with Crippen LogP contribution >= 0.6 is 7.60 Å². The van der Waals surface area contributed by atoms with E-state index in [0.29, 0.717) is 30.1 Å². The standard InChI is InChI=1S/C36H53N2O14PS/c1-7-46-34(40)25(5)52-53(42,50-8-2)23-49-28-11-9-26(10-12-28)19-31(37-36(41)51-33-22-48-35-30(33)17-18-47-35)32(39)21-38(20-24(3)4)54(43,44)29-15-13-27(45-6)14-16-29/h9-16,24-25,30-33,35,39H,7-8,17-23H2,1-6H3,(H,37,41)/t25-,30-,31-,32+,33-,35+,53?/m0/s1. The summed E-state index contributed by atoms with van der Waals surface area (Å²) in [5.74, 6) is -0.0877. The predicted molar refractivity (Wildman–Crippen MR) is 196 cm³/mol. The number of rotatable bonds is 21. The summed E-state index contributed by atoms with van der Waals surface area (Å²) in [6, 6.07) is 11.5. The molecule has 7 atom stereocenters. The van der Waals surface area contributed by atoms with Gasteiger partial charge in [-0.1, -0.05) is 26.0 Å². The molecule has 0 aliphatic carbocycles. The number of nitrogens with one attached hydrogen (secondary N) is 1. The molecule has 16 nitrogen and oxygen atoms in total. The van der Waals surface area contributed by atoms with Crippen molar-refractivity contribution in [1.29, 1.82) is 0 Å². The number of hydrogen-bond donors (Lipinski definition) is 2. The van der Waals surface area contributed by atoms with Gasteiger partial charge >= 0.3 is 19.7 Å². The van der Waals surface area contributed by atoms with Gasteiger partial charge in [0.1, 0.15) is 17.6 Å². The van der Waals surface area contributed by atoms with Crippen molar-refractivity contribution in [3.05, 3.63) is 54.1 Å². The first-order valence-electron chi connectivity index (χ1n) is 18.0. The number of fused-ring (bicyclic) bond motifs is 1. The lowest BCUT2D eigenvalue weighted by Crippen LogP contribution is -2.51. The molecular formula is C36H53N2O14PS. The van der Waals surface area contributed by atoms with Gasteiger partial charge in [0, 0.05) is 13.1 Å². The first-order chi connectivity index (χ1) is 25.7. The Bertz CT molecular complexity index is 1660. The lowest BCUT2D eigenvalue weighted by molar-refractivity contribution is -0.151. The highest BCUT2D eigenvalue weighted by Gasteiger charge is 2.44. The van der Waals surface area contributed by atoms with Gasteiger partial charge in [0.05, 0.1) is 56.5 Å². The molecule has 0 bridgehead atoms. The van der Waals surface area contributed by atoms with E-state index < -0.39 is 66.7 Å². The lowest BCUT2D eigenvalue weighted by atomic mass is 10.0. The van der Waals surface area contributed by atoms with Crippen molar-refractivity contribution in [3.63, 3.8) is 0 Å². The summed E-state index contributed by atoms with van der Waals surface area (Å²) < 4.78 is 85.6. The van der Waals surface area contributed by atoms with E-state index in [9.17, 15) is 27.7 Å². The van der Waals surface area contributed by atoms with Crippen LogP contribution in [0.4, 0.5) is 4.79 Å². The third-order valence-corrected chi connectivity index (χ3v) is 12.3. The van der Waals surface area contributed by atoms with Crippen molar-refractivity contribution in [2.45, 2.75) is 83.0 Å². The fourth-order valence-corrected chi connectivity index (χ4v) is 9.12. The Balaban J connectivity index is 1.50. The van der Waals surface area contributed by atoms with E-state index in [0.717, 1.165) is 0 Å². The van der Waals surface area contributed by atoms with Gasteiger partial charge in [-0.3, -0.25) is 9.09 Å². The Morgan fingerprint density at radius 3 is 2.31 bits per heavy atom. The number of carbonyl (C=O) groups excluding carboxylic acids is 2. The fraction of sp³-hybridized carbons (Fsp3) is 0.611. The maximum Gasteiger partial charge on any atom is 0.407 e. The van der Waals surface area contributed by atoms with Gasteiger partial charge in [-0.15, -0.1) is 0 Å². The lowest BCUT2D eigenvalue weighted by Gasteiger charge is -2.31. The third kappa shape index (κ3) is 12.1. The Kier molecular flexibility index (Phi) is 16.1. The molecule has 2 saturated heterocycles. The van der Waals surface area contributed by atoms with E-state index in [1.807, 2.05) is 13.8 Å². The van der Waals surface area contributed by atoms with Crippen LogP contribution in [0.2, 0.25) is 0 Å². The molecule has 4 rings (SSSR count). The number of methoxy groups -OCH3 is 1. The zero-order valence-electron chi connectivity index (χ0n) is 31.6. The Labute approximate surface area is 317 Å². The van der Waals surface area contributed by atoms with Crippen molar-refractivity contribution >= 4 is 29.7 Å². The van der Waals surface area contributed by atoms with Crippen LogP contribution < -0.4 is 14.8 Å². The molecule has 2 N–H and O–H groups in total. The molecular weight excluding hydrogens is 747 g/mol. The number of aliphatic hydroxyl groups excluding tert-OH is 1. The number of alkyl carbamates (subject to hydrolysis) is 1. The van der Waals surface area contributed by atoms with Crippen LogP contribution in [0.25, 0.3) is 0 Å². The summed E-state index contributed by atoms with van der Waals surface area (Å²) >= 11 is 0. The maximum absolute atomic E-state index is 13.8. The molecule has 2 fully saturated rings. The highest BCUT2D eigenvalue weighted by molar-refractivity contribution is 7.89. The molecule has 1 amide bonds. The number of esters is 1. The van der Waals surface area contributed by atoms with Crippen LogP contribution in [0.3, 0.4) is 0 Å². The number of ether oxygens (including phenoxy) is 6. The van der Waals surface area contributed by atoms with Gasteiger partial charge in [0.15, 0.2) is 18.7 Å². The third-order valence-electron chi connectivity index (χ3n) is 8.70. The molecule has 302 valence electrons. The molecule has 54 heavy (non-hydrogen) atoms. The van der Waals surface area contributed by atoms with Crippen LogP contribution in [0.15, 0.2) is 53.4 Å². The van der Waals surface area contributed by atoms with E-state index in [1.54, 1.807) is 50.2 Å².